The fourth-order valence-electron chi connectivity index (χ4n) is 2.97. The maximum atomic E-state index is 12.9. The largest absolute Gasteiger partial charge is 0.497 e. The zero-order chi connectivity index (χ0) is 22.0. The number of ether oxygens (including phenoxy) is 1. The first kappa shape index (κ1) is 20.8. The number of thiazole rings is 1. The van der Waals surface area contributed by atoms with Gasteiger partial charge in [0.1, 0.15) is 5.75 Å². The first-order chi connectivity index (χ1) is 14.9. The Morgan fingerprint density at radius 3 is 2.42 bits per heavy atom. The van der Waals surface area contributed by atoms with E-state index in [1.165, 1.54) is 47.0 Å². The van der Waals surface area contributed by atoms with Crippen molar-refractivity contribution in [3.63, 3.8) is 0 Å². The lowest BCUT2D eigenvalue weighted by Crippen LogP contribution is -2.26. The highest BCUT2D eigenvalue weighted by molar-refractivity contribution is 7.92. The van der Waals surface area contributed by atoms with Crippen LogP contribution in [0.15, 0.2) is 77.7 Å². The first-order valence-electron chi connectivity index (χ1n) is 9.28. The molecule has 0 fully saturated rings. The van der Waals surface area contributed by atoms with Crippen molar-refractivity contribution < 1.29 is 17.9 Å². The molecule has 4 rings (SSSR count). The molecule has 9 heteroatoms. The number of carbonyl (C=O) groups excluding carboxylic acids is 1. The molecule has 4 aromatic rings. The van der Waals surface area contributed by atoms with Gasteiger partial charge >= 0.3 is 0 Å². The Bertz CT molecular complexity index is 1330. The van der Waals surface area contributed by atoms with E-state index in [1.807, 2.05) is 18.2 Å². The van der Waals surface area contributed by atoms with Crippen molar-refractivity contribution in [3.8, 4) is 5.75 Å². The molecule has 0 bridgehead atoms. The number of carbonyl (C=O) groups is 1. The zero-order valence-corrected chi connectivity index (χ0v) is 18.4. The highest BCUT2D eigenvalue weighted by Gasteiger charge is 2.21. The number of benzene rings is 3. The highest BCUT2D eigenvalue weighted by atomic mass is 32.2. The molecule has 0 unspecified atom stereocenters. The van der Waals surface area contributed by atoms with E-state index in [1.54, 1.807) is 37.4 Å². The number of anilines is 2. The molecule has 0 spiro atoms. The van der Waals surface area contributed by atoms with Gasteiger partial charge in [-0.15, -0.1) is 0 Å². The second-order valence-electron chi connectivity index (χ2n) is 6.64. The number of nitrogens with one attached hydrogen (secondary N) is 1. The monoisotopic (exact) mass is 453 g/mol. The molecule has 1 N–H and O–H groups in total. The van der Waals surface area contributed by atoms with Gasteiger partial charge in [-0.25, -0.2) is 13.4 Å². The first-order valence-corrected chi connectivity index (χ1v) is 11.5. The van der Waals surface area contributed by atoms with Gasteiger partial charge in [0, 0.05) is 12.6 Å². The third-order valence-corrected chi connectivity index (χ3v) is 7.44. The fraction of sp³-hybridized carbons (Fsp3) is 0.0909. The fourth-order valence-corrected chi connectivity index (χ4v) is 5.05. The van der Waals surface area contributed by atoms with Crippen LogP contribution in [-0.4, -0.2) is 33.5 Å². The molecule has 0 saturated heterocycles. The number of methoxy groups -OCH3 is 1. The number of fused-ring (bicyclic) bond motifs is 1. The van der Waals surface area contributed by atoms with Crippen LogP contribution < -0.4 is 14.4 Å². The summed E-state index contributed by atoms with van der Waals surface area (Å²) in [6.07, 6.45) is 0. The summed E-state index contributed by atoms with van der Waals surface area (Å²) in [6, 6.07) is 20.1. The van der Waals surface area contributed by atoms with Crippen molar-refractivity contribution >= 4 is 48.3 Å². The van der Waals surface area contributed by atoms with E-state index >= 15 is 0 Å². The summed E-state index contributed by atoms with van der Waals surface area (Å²) in [5.41, 5.74) is 1.64. The summed E-state index contributed by atoms with van der Waals surface area (Å²) in [6.45, 7) is 0. The summed E-state index contributed by atoms with van der Waals surface area (Å²) in [5.74, 6) is 0.345. The van der Waals surface area contributed by atoms with Crippen molar-refractivity contribution in [3.05, 3.63) is 78.4 Å². The molecule has 31 heavy (non-hydrogen) atoms. The maximum absolute atomic E-state index is 12.9. The second-order valence-corrected chi connectivity index (χ2v) is 9.64. The zero-order valence-electron chi connectivity index (χ0n) is 16.8. The standard InChI is InChI=1S/C22H19N3O4S2/c1-25(16-6-4-3-5-7-16)31(27,28)18-11-8-15(9-12-18)21(26)24-22-23-19-13-10-17(29-2)14-20(19)30-22/h3-14H,1-2H3,(H,23,24,26). The highest BCUT2D eigenvalue weighted by Crippen LogP contribution is 2.29. The van der Waals surface area contributed by atoms with Crippen LogP contribution in [0.4, 0.5) is 10.8 Å². The van der Waals surface area contributed by atoms with Crippen LogP contribution in [0, 0.1) is 0 Å². The normalized spacial score (nSPS) is 11.3. The Balaban J connectivity index is 1.52. The molecule has 0 aliphatic heterocycles. The molecule has 0 atom stereocenters. The molecule has 1 heterocycles. The number of para-hydroxylation sites is 1. The Kier molecular flexibility index (Phi) is 5.62. The van der Waals surface area contributed by atoms with Gasteiger partial charge in [0.15, 0.2) is 5.13 Å². The van der Waals surface area contributed by atoms with Gasteiger partial charge in [0.05, 0.1) is 27.9 Å². The third-order valence-electron chi connectivity index (χ3n) is 4.71. The summed E-state index contributed by atoms with van der Waals surface area (Å²) < 4.78 is 33.0. The number of rotatable bonds is 6. The van der Waals surface area contributed by atoms with Crippen molar-refractivity contribution in [2.75, 3.05) is 23.8 Å². The Morgan fingerprint density at radius 2 is 1.74 bits per heavy atom. The average Bonchev–Trinajstić information content (AvgIpc) is 3.20. The SMILES string of the molecule is COc1ccc2nc(NC(=O)c3ccc(S(=O)(=O)N(C)c4ccccc4)cc3)sc2c1. The van der Waals surface area contributed by atoms with E-state index in [9.17, 15) is 13.2 Å². The van der Waals surface area contributed by atoms with E-state index in [4.69, 9.17) is 4.74 Å². The minimum Gasteiger partial charge on any atom is -0.497 e. The van der Waals surface area contributed by atoms with E-state index in [0.29, 0.717) is 22.1 Å². The number of nitrogens with zero attached hydrogens (tertiary/aromatic N) is 2. The Labute approximate surface area is 184 Å². The van der Waals surface area contributed by atoms with Crippen LogP contribution in [0.2, 0.25) is 0 Å². The van der Waals surface area contributed by atoms with Gasteiger partial charge in [0.2, 0.25) is 0 Å². The Morgan fingerprint density at radius 1 is 1.03 bits per heavy atom. The number of sulfonamides is 1. The van der Waals surface area contributed by atoms with E-state index in [0.717, 1.165) is 10.2 Å². The molecule has 3 aromatic carbocycles. The quantitative estimate of drug-likeness (QED) is 0.468. The molecule has 0 aliphatic carbocycles. The molecule has 0 aliphatic rings. The lowest BCUT2D eigenvalue weighted by molar-refractivity contribution is 0.102. The van der Waals surface area contributed by atoms with E-state index in [-0.39, 0.29) is 10.8 Å². The van der Waals surface area contributed by atoms with Crippen molar-refractivity contribution in [1.29, 1.82) is 0 Å². The third kappa shape index (κ3) is 4.23. The van der Waals surface area contributed by atoms with Crippen LogP contribution in [0.3, 0.4) is 0 Å². The number of amides is 1. The minimum absolute atomic E-state index is 0.0995. The van der Waals surface area contributed by atoms with Gasteiger partial charge < -0.3 is 4.74 Å². The predicted octanol–water partition coefficient (Wildman–Crippen LogP) is 4.38. The van der Waals surface area contributed by atoms with Crippen LogP contribution in [0.1, 0.15) is 10.4 Å². The summed E-state index contributed by atoms with van der Waals surface area (Å²) in [5, 5.41) is 3.21. The van der Waals surface area contributed by atoms with Gasteiger partial charge in [-0.3, -0.25) is 14.4 Å². The number of hydrogen-bond donors (Lipinski definition) is 1. The Hall–Kier alpha value is -3.43. The summed E-state index contributed by atoms with van der Waals surface area (Å²) in [4.78, 5) is 17.1. The van der Waals surface area contributed by atoms with E-state index in [2.05, 4.69) is 10.3 Å². The maximum Gasteiger partial charge on any atom is 0.264 e. The van der Waals surface area contributed by atoms with Gasteiger partial charge in [-0.2, -0.15) is 0 Å². The lowest BCUT2D eigenvalue weighted by atomic mass is 10.2. The summed E-state index contributed by atoms with van der Waals surface area (Å²) >= 11 is 1.33. The predicted molar refractivity (Wildman–Crippen MR) is 123 cm³/mol. The van der Waals surface area contributed by atoms with Gasteiger partial charge in [0.25, 0.3) is 15.9 Å². The van der Waals surface area contributed by atoms with Crippen LogP contribution in [0.25, 0.3) is 10.2 Å². The molecular weight excluding hydrogens is 434 g/mol. The van der Waals surface area contributed by atoms with Crippen LogP contribution in [-0.2, 0) is 10.0 Å². The van der Waals surface area contributed by atoms with E-state index < -0.39 is 10.0 Å². The number of aromatic nitrogens is 1. The topological polar surface area (TPSA) is 88.6 Å². The average molecular weight is 454 g/mol. The van der Waals surface area contributed by atoms with Crippen molar-refractivity contribution in [2.45, 2.75) is 4.90 Å². The van der Waals surface area contributed by atoms with Gasteiger partial charge in [-0.1, -0.05) is 29.5 Å². The molecule has 7 nitrogen and oxygen atoms in total. The molecule has 0 saturated carbocycles. The minimum atomic E-state index is -3.74. The smallest absolute Gasteiger partial charge is 0.264 e. The van der Waals surface area contributed by atoms with Crippen molar-refractivity contribution in [1.82, 2.24) is 4.98 Å². The molecule has 1 amide bonds. The molecule has 158 valence electrons. The lowest BCUT2D eigenvalue weighted by Gasteiger charge is -2.19. The summed E-state index contributed by atoms with van der Waals surface area (Å²) in [7, 11) is -0.655. The molecule has 0 radical (unpaired) electrons. The number of hydrogen-bond acceptors (Lipinski definition) is 6. The van der Waals surface area contributed by atoms with Crippen molar-refractivity contribution in [2.24, 2.45) is 0 Å². The van der Waals surface area contributed by atoms with Crippen LogP contribution >= 0.6 is 11.3 Å². The van der Waals surface area contributed by atoms with Crippen LogP contribution in [0.5, 0.6) is 5.75 Å². The molecular formula is C22H19N3O4S2. The second kappa shape index (κ2) is 8.37. The molecule has 1 aromatic heterocycles. The van der Waals surface area contributed by atoms with Gasteiger partial charge in [-0.05, 0) is 54.6 Å².